The van der Waals surface area contributed by atoms with Crippen molar-refractivity contribution in [3.05, 3.63) is 93.1 Å². The number of rotatable bonds is 8. The fourth-order valence-electron chi connectivity index (χ4n) is 6.28. The topological polar surface area (TPSA) is 213 Å². The molecule has 234 valence electrons. The highest BCUT2D eigenvalue weighted by molar-refractivity contribution is 5.98. The highest BCUT2D eigenvalue weighted by Gasteiger charge is 2.29. The molecule has 14 nitrogen and oxygen atoms in total. The zero-order chi connectivity index (χ0) is 32.4. The number of aromatic carboxylic acids is 1. The highest BCUT2D eigenvalue weighted by atomic mass is 16.4. The molecule has 6 N–H and O–H groups in total. The molecule has 0 aliphatic heterocycles. The first-order chi connectivity index (χ1) is 22.2. The highest BCUT2D eigenvalue weighted by Crippen LogP contribution is 2.35. The van der Waals surface area contributed by atoms with Gasteiger partial charge in [-0.05, 0) is 78.5 Å². The summed E-state index contributed by atoms with van der Waals surface area (Å²) in [5.41, 5.74) is 12.1. The number of aromatic nitrogens is 4. The van der Waals surface area contributed by atoms with Crippen LogP contribution in [0.5, 0.6) is 0 Å². The number of benzene rings is 2. The summed E-state index contributed by atoms with van der Waals surface area (Å²) in [6.45, 7) is 2.03. The Labute approximate surface area is 263 Å². The van der Waals surface area contributed by atoms with Crippen LogP contribution in [0.25, 0.3) is 5.78 Å². The third-order valence-corrected chi connectivity index (χ3v) is 8.57. The molecule has 4 aromatic rings. The Hall–Kier alpha value is -5.84. The lowest BCUT2D eigenvalue weighted by molar-refractivity contribution is 0.0695. The van der Waals surface area contributed by atoms with E-state index in [0.29, 0.717) is 18.4 Å². The minimum Gasteiger partial charge on any atom is -0.478 e. The van der Waals surface area contributed by atoms with Gasteiger partial charge in [0.15, 0.2) is 5.96 Å². The second-order valence-electron chi connectivity index (χ2n) is 11.4. The molecule has 2 aliphatic rings. The number of carboxylic acid groups (broad SMARTS) is 1. The van der Waals surface area contributed by atoms with E-state index in [4.69, 9.17) is 11.0 Å². The minimum atomic E-state index is -0.984. The number of fused-ring (bicyclic) bond motifs is 3. The number of guanidine groups is 1. The first kappa shape index (κ1) is 30.2. The minimum absolute atomic E-state index is 0.00266. The van der Waals surface area contributed by atoms with Gasteiger partial charge >= 0.3 is 5.97 Å². The molecule has 2 atom stereocenters. The van der Waals surface area contributed by atoms with Crippen LogP contribution in [0.2, 0.25) is 0 Å². The lowest BCUT2D eigenvalue weighted by atomic mass is 9.87. The SMILES string of the molecule is Cc1c(C(=O)O)ccc2c1CC[C@@H]2NC(=O)c1cc(C(=O)NCc2ccc3c(c2)CC(NC(N)=NCC#N)CC3)nc2ncnn12. The largest absolute Gasteiger partial charge is 0.478 e. The number of nitrogens with zero attached hydrogens (tertiary/aromatic N) is 6. The predicted molar refractivity (Wildman–Crippen MR) is 166 cm³/mol. The van der Waals surface area contributed by atoms with Gasteiger partial charge in [0.2, 0.25) is 0 Å². The molecule has 2 aromatic carbocycles. The lowest BCUT2D eigenvalue weighted by Crippen LogP contribution is -2.43. The molecule has 2 aliphatic carbocycles. The maximum atomic E-state index is 13.5. The second kappa shape index (κ2) is 12.6. The van der Waals surface area contributed by atoms with Gasteiger partial charge in [0.1, 0.15) is 24.3 Å². The van der Waals surface area contributed by atoms with E-state index in [1.165, 1.54) is 22.5 Å². The van der Waals surface area contributed by atoms with Crippen molar-refractivity contribution in [1.82, 2.24) is 35.5 Å². The first-order valence-corrected chi connectivity index (χ1v) is 14.9. The zero-order valence-electron chi connectivity index (χ0n) is 25.1. The van der Waals surface area contributed by atoms with E-state index in [1.807, 2.05) is 12.1 Å². The fourth-order valence-corrected chi connectivity index (χ4v) is 6.28. The molecule has 14 heteroatoms. The Morgan fingerprint density at radius 1 is 1.11 bits per heavy atom. The quantitative estimate of drug-likeness (QED) is 0.109. The average Bonchev–Trinajstić information content (AvgIpc) is 3.69. The van der Waals surface area contributed by atoms with E-state index >= 15 is 0 Å². The first-order valence-electron chi connectivity index (χ1n) is 14.9. The molecule has 6 rings (SSSR count). The monoisotopic (exact) mass is 620 g/mol. The van der Waals surface area contributed by atoms with Crippen molar-refractivity contribution in [2.45, 2.75) is 57.7 Å². The van der Waals surface area contributed by atoms with Crippen molar-refractivity contribution in [1.29, 1.82) is 5.26 Å². The predicted octanol–water partition coefficient (Wildman–Crippen LogP) is 1.76. The molecule has 46 heavy (non-hydrogen) atoms. The molecule has 2 aromatic heterocycles. The van der Waals surface area contributed by atoms with Gasteiger partial charge in [-0.25, -0.2) is 14.8 Å². The number of aryl methyl sites for hydroxylation is 1. The molecule has 0 saturated heterocycles. The van der Waals surface area contributed by atoms with E-state index in [1.54, 1.807) is 19.1 Å². The van der Waals surface area contributed by atoms with E-state index in [0.717, 1.165) is 41.5 Å². The molecule has 0 spiro atoms. The zero-order valence-corrected chi connectivity index (χ0v) is 25.1. The second-order valence-corrected chi connectivity index (χ2v) is 11.4. The van der Waals surface area contributed by atoms with Crippen molar-refractivity contribution in [2.75, 3.05) is 6.54 Å². The number of hydrogen-bond acceptors (Lipinski definition) is 8. The van der Waals surface area contributed by atoms with Crippen LogP contribution in [0.15, 0.2) is 47.7 Å². The summed E-state index contributed by atoms with van der Waals surface area (Å²) in [5, 5.41) is 31.4. The van der Waals surface area contributed by atoms with Crippen LogP contribution in [-0.4, -0.2) is 61.0 Å². The molecule has 0 saturated carbocycles. The van der Waals surface area contributed by atoms with Crippen molar-refractivity contribution >= 4 is 29.5 Å². The molecule has 0 bridgehead atoms. The van der Waals surface area contributed by atoms with Crippen LogP contribution < -0.4 is 21.7 Å². The van der Waals surface area contributed by atoms with Crippen LogP contribution in [0, 0.1) is 18.3 Å². The van der Waals surface area contributed by atoms with E-state index < -0.39 is 17.8 Å². The third-order valence-electron chi connectivity index (χ3n) is 8.57. The van der Waals surface area contributed by atoms with Gasteiger partial charge in [0.25, 0.3) is 17.6 Å². The van der Waals surface area contributed by atoms with Gasteiger partial charge < -0.3 is 26.8 Å². The summed E-state index contributed by atoms with van der Waals surface area (Å²) in [7, 11) is 0. The number of aliphatic imine (C=N–C) groups is 1. The fraction of sp³-hybridized carbons (Fsp3) is 0.312. The van der Waals surface area contributed by atoms with Crippen LogP contribution in [0.4, 0.5) is 0 Å². The molecule has 2 heterocycles. The third kappa shape index (κ3) is 6.07. The van der Waals surface area contributed by atoms with Gasteiger partial charge in [0.05, 0.1) is 17.7 Å². The number of amides is 2. The summed E-state index contributed by atoms with van der Waals surface area (Å²) in [4.78, 5) is 50.8. The van der Waals surface area contributed by atoms with E-state index in [9.17, 15) is 19.5 Å². The van der Waals surface area contributed by atoms with Crippen LogP contribution >= 0.6 is 0 Å². The standard InChI is InChI=1S/C32H32N10O4/c1-17-22-8-9-25(24(22)7-6-23(17)30(45)46)40-29(44)27-14-26(41-32-37-16-38-42(27)32)28(43)36-15-18-2-3-19-4-5-21(13-20(19)12-18)39-31(34)35-11-10-33/h2-3,6-7,12,14,16,21,25H,4-5,8-9,11,13,15H2,1H3,(H,36,43)(H,40,44)(H,45,46)(H3,34,35,39)/t21?,25-/m0/s1. The van der Waals surface area contributed by atoms with Gasteiger partial charge in [0, 0.05) is 18.7 Å². The number of nitriles is 1. The maximum Gasteiger partial charge on any atom is 0.335 e. The van der Waals surface area contributed by atoms with Gasteiger partial charge in [-0.2, -0.15) is 19.9 Å². The summed E-state index contributed by atoms with van der Waals surface area (Å²) in [6.07, 6.45) is 5.00. The van der Waals surface area contributed by atoms with Gasteiger partial charge in [-0.15, -0.1) is 0 Å². The molecular formula is C32H32N10O4. The Morgan fingerprint density at radius 2 is 1.96 bits per heavy atom. The Bertz CT molecular complexity index is 1940. The van der Waals surface area contributed by atoms with Crippen LogP contribution in [0.3, 0.4) is 0 Å². The molecule has 1 unspecified atom stereocenters. The number of nitrogens with two attached hydrogens (primary N) is 1. The van der Waals surface area contributed by atoms with Gasteiger partial charge in [-0.3, -0.25) is 9.59 Å². The van der Waals surface area contributed by atoms with Crippen LogP contribution in [-0.2, 0) is 25.8 Å². The number of hydrogen-bond donors (Lipinski definition) is 5. The van der Waals surface area contributed by atoms with Gasteiger partial charge in [-0.1, -0.05) is 24.3 Å². The number of nitrogens with one attached hydrogen (secondary N) is 3. The molecule has 0 radical (unpaired) electrons. The molecule has 0 fully saturated rings. The van der Waals surface area contributed by atoms with E-state index in [2.05, 4.69) is 48.1 Å². The van der Waals surface area contributed by atoms with Crippen molar-refractivity contribution in [3.8, 4) is 6.07 Å². The number of carboxylic acids is 1. The average molecular weight is 621 g/mol. The molecule has 2 amide bonds. The van der Waals surface area contributed by atoms with Crippen molar-refractivity contribution in [2.24, 2.45) is 10.7 Å². The number of carbonyl (C=O) groups is 3. The normalized spacial score (nSPS) is 17.1. The lowest BCUT2D eigenvalue weighted by Gasteiger charge is -2.26. The van der Waals surface area contributed by atoms with Crippen LogP contribution in [0.1, 0.15) is 83.6 Å². The summed E-state index contributed by atoms with van der Waals surface area (Å²) in [5.74, 6) is -1.55. The maximum absolute atomic E-state index is 13.5. The Kier molecular flexibility index (Phi) is 8.30. The van der Waals surface area contributed by atoms with E-state index in [-0.39, 0.29) is 53.9 Å². The summed E-state index contributed by atoms with van der Waals surface area (Å²) in [6, 6.07) is 12.5. The van der Waals surface area contributed by atoms with Crippen molar-refractivity contribution in [3.63, 3.8) is 0 Å². The Balaban J connectivity index is 1.15. The summed E-state index contributed by atoms with van der Waals surface area (Å²) >= 11 is 0. The smallest absolute Gasteiger partial charge is 0.335 e. The van der Waals surface area contributed by atoms with Crippen molar-refractivity contribution < 1.29 is 19.5 Å². The Morgan fingerprint density at radius 3 is 2.76 bits per heavy atom. The number of carbonyl (C=O) groups excluding carboxylic acids is 2. The summed E-state index contributed by atoms with van der Waals surface area (Å²) < 4.78 is 1.28. The molecular weight excluding hydrogens is 588 g/mol.